The van der Waals surface area contributed by atoms with Crippen LogP contribution in [0.1, 0.15) is 62.1 Å². The molecule has 0 saturated heterocycles. The minimum atomic E-state index is -3.70. The Morgan fingerprint density at radius 3 is 2.63 bits per heavy atom. The number of H-pyrrole nitrogens is 1. The van der Waals surface area contributed by atoms with E-state index < -0.39 is 37.6 Å². The van der Waals surface area contributed by atoms with E-state index >= 15 is 0 Å². The zero-order chi connectivity index (χ0) is 21.5. The van der Waals surface area contributed by atoms with Gasteiger partial charge in [-0.05, 0) is 38.2 Å². The Morgan fingerprint density at radius 2 is 2.03 bits per heavy atom. The van der Waals surface area contributed by atoms with E-state index in [2.05, 4.69) is 15.3 Å². The average molecular weight is 454 g/mol. The van der Waals surface area contributed by atoms with Crippen LogP contribution in [0.5, 0.6) is 0 Å². The second-order valence-electron chi connectivity index (χ2n) is 8.20. The molecule has 2 heterocycles. The normalized spacial score (nSPS) is 18.5. The molecule has 2 aliphatic carbocycles. The Kier molecular flexibility index (Phi) is 5.80. The molecule has 0 radical (unpaired) electrons. The van der Waals surface area contributed by atoms with Crippen LogP contribution in [0, 0.1) is 18.0 Å². The van der Waals surface area contributed by atoms with Crippen LogP contribution in [-0.4, -0.2) is 29.5 Å². The third-order valence-corrected chi connectivity index (χ3v) is 8.86. The Bertz CT molecular complexity index is 1120. The van der Waals surface area contributed by atoms with Gasteiger partial charge in [0.15, 0.2) is 20.1 Å². The van der Waals surface area contributed by atoms with Crippen LogP contribution in [0.2, 0.25) is 0 Å². The first kappa shape index (κ1) is 21.2. The van der Waals surface area contributed by atoms with Crippen molar-refractivity contribution in [2.75, 3.05) is 5.32 Å². The number of aryl methyl sites for hydroxylation is 1. The van der Waals surface area contributed by atoms with Crippen molar-refractivity contribution in [1.82, 2.24) is 9.97 Å². The highest BCUT2D eigenvalue weighted by molar-refractivity contribution is 7.92. The predicted molar refractivity (Wildman–Crippen MR) is 112 cm³/mol. The molecule has 2 fully saturated rings. The van der Waals surface area contributed by atoms with E-state index in [-0.39, 0.29) is 21.5 Å². The van der Waals surface area contributed by atoms with E-state index in [0.29, 0.717) is 36.3 Å². The van der Waals surface area contributed by atoms with Crippen LogP contribution in [0.25, 0.3) is 0 Å². The van der Waals surface area contributed by atoms with Crippen molar-refractivity contribution in [2.45, 2.75) is 67.9 Å². The number of aromatic nitrogens is 2. The van der Waals surface area contributed by atoms with Gasteiger partial charge < -0.3 is 10.3 Å². The van der Waals surface area contributed by atoms with Crippen LogP contribution >= 0.6 is 11.3 Å². The number of amides is 1. The number of thiazole rings is 1. The Hall–Kier alpha value is -2.07. The van der Waals surface area contributed by atoms with Crippen LogP contribution in [0.15, 0.2) is 22.0 Å². The molecule has 30 heavy (non-hydrogen) atoms. The molecule has 2 N–H and O–H groups in total. The highest BCUT2D eigenvalue weighted by Gasteiger charge is 2.41. The van der Waals surface area contributed by atoms with Crippen molar-refractivity contribution in [2.24, 2.45) is 5.92 Å². The molecule has 2 aliphatic rings. The maximum Gasteiger partial charge on any atom is 0.253 e. The van der Waals surface area contributed by atoms with Gasteiger partial charge in [-0.25, -0.2) is 13.4 Å². The summed E-state index contributed by atoms with van der Waals surface area (Å²) in [5, 5.41) is 1.63. The van der Waals surface area contributed by atoms with Crippen molar-refractivity contribution in [3.8, 4) is 0 Å². The topological polar surface area (TPSA) is 109 Å². The van der Waals surface area contributed by atoms with Crippen LogP contribution in [-0.2, 0) is 14.6 Å². The van der Waals surface area contributed by atoms with E-state index in [0.717, 1.165) is 31.9 Å². The second kappa shape index (κ2) is 8.22. The Labute approximate surface area is 178 Å². The first-order valence-electron chi connectivity index (χ1n) is 10.2. The monoisotopic (exact) mass is 453 g/mol. The Morgan fingerprint density at radius 1 is 1.33 bits per heavy atom. The third kappa shape index (κ3) is 4.34. The minimum Gasteiger partial charge on any atom is -0.326 e. The van der Waals surface area contributed by atoms with Gasteiger partial charge in [0, 0.05) is 11.3 Å². The fraction of sp³-hybridized carbons (Fsp3) is 0.550. The summed E-state index contributed by atoms with van der Waals surface area (Å²) in [7, 11) is -3.70. The number of carbonyl (C=O) groups is 1. The summed E-state index contributed by atoms with van der Waals surface area (Å²) < 4.78 is 39.5. The van der Waals surface area contributed by atoms with Crippen molar-refractivity contribution < 1.29 is 17.6 Å². The average Bonchev–Trinajstić information content (AvgIpc) is 3.29. The van der Waals surface area contributed by atoms with E-state index in [1.807, 2.05) is 0 Å². The molecule has 1 atom stereocenters. The number of hydrogen-bond donors (Lipinski definition) is 2. The molecule has 0 aliphatic heterocycles. The zero-order valence-electron chi connectivity index (χ0n) is 16.6. The summed E-state index contributed by atoms with van der Waals surface area (Å²) in [5.74, 6) is -1.25. The van der Waals surface area contributed by atoms with Gasteiger partial charge in [-0.15, -0.1) is 0 Å². The third-order valence-electron chi connectivity index (χ3n) is 5.85. The van der Waals surface area contributed by atoms with Gasteiger partial charge in [0.25, 0.3) is 5.56 Å². The fourth-order valence-corrected chi connectivity index (χ4v) is 6.78. The number of pyridine rings is 1. The number of aromatic amines is 1. The molecule has 4 rings (SSSR count). The van der Waals surface area contributed by atoms with Gasteiger partial charge in [-0.1, -0.05) is 37.0 Å². The predicted octanol–water partition coefficient (Wildman–Crippen LogP) is 3.52. The largest absolute Gasteiger partial charge is 0.326 e. The molecule has 0 bridgehead atoms. The molecule has 0 unspecified atom stereocenters. The lowest BCUT2D eigenvalue weighted by molar-refractivity contribution is -0.118. The highest BCUT2D eigenvalue weighted by Crippen LogP contribution is 2.39. The van der Waals surface area contributed by atoms with E-state index in [1.54, 1.807) is 6.92 Å². The van der Waals surface area contributed by atoms with Gasteiger partial charge in [0.2, 0.25) is 5.91 Å². The minimum absolute atomic E-state index is 0.00562. The number of halogens is 1. The van der Waals surface area contributed by atoms with Gasteiger partial charge in [-0.2, -0.15) is 4.39 Å². The number of nitrogens with one attached hydrogen (secondary N) is 2. The van der Waals surface area contributed by atoms with Crippen molar-refractivity contribution >= 4 is 32.2 Å². The number of nitrogens with zero attached hydrogens (tertiary/aromatic N) is 1. The van der Waals surface area contributed by atoms with Gasteiger partial charge in [0.1, 0.15) is 0 Å². The summed E-state index contributed by atoms with van der Waals surface area (Å²) >= 11 is 0.689. The van der Waals surface area contributed by atoms with E-state index in [1.165, 1.54) is 6.07 Å². The zero-order valence-corrected chi connectivity index (χ0v) is 18.2. The first-order chi connectivity index (χ1) is 14.3. The lowest BCUT2D eigenvalue weighted by Gasteiger charge is -2.22. The smallest absolute Gasteiger partial charge is 0.253 e. The number of anilines is 1. The first-order valence-corrected chi connectivity index (χ1v) is 12.5. The van der Waals surface area contributed by atoms with Gasteiger partial charge in [-0.3, -0.25) is 9.59 Å². The van der Waals surface area contributed by atoms with Crippen molar-refractivity contribution in [3.05, 3.63) is 39.0 Å². The quantitative estimate of drug-likeness (QED) is 0.667. The van der Waals surface area contributed by atoms with Crippen LogP contribution in [0.3, 0.4) is 0 Å². The van der Waals surface area contributed by atoms with Crippen LogP contribution in [0.4, 0.5) is 9.52 Å². The molecule has 0 spiro atoms. The van der Waals surface area contributed by atoms with Crippen LogP contribution < -0.4 is 10.9 Å². The molecule has 10 heteroatoms. The van der Waals surface area contributed by atoms with Crippen molar-refractivity contribution in [3.63, 3.8) is 0 Å². The molecule has 2 aromatic rings. The SMILES string of the molecule is Cc1cc(S(=O)(=O)C2CC2)c([C@H](CC2CCCC2)C(=O)Nc2ncc(F)s2)c(=O)[nH]1. The molecular weight excluding hydrogens is 429 g/mol. The number of sulfone groups is 1. The van der Waals surface area contributed by atoms with Gasteiger partial charge >= 0.3 is 0 Å². The summed E-state index contributed by atoms with van der Waals surface area (Å²) in [6.07, 6.45) is 6.47. The number of hydrogen-bond acceptors (Lipinski definition) is 6. The lowest BCUT2D eigenvalue weighted by atomic mass is 9.87. The van der Waals surface area contributed by atoms with Crippen molar-refractivity contribution in [1.29, 1.82) is 0 Å². The van der Waals surface area contributed by atoms with E-state index in [9.17, 15) is 22.4 Å². The molecule has 7 nitrogen and oxygen atoms in total. The molecule has 2 saturated carbocycles. The second-order valence-corrected chi connectivity index (χ2v) is 11.4. The fourth-order valence-electron chi connectivity index (χ4n) is 4.23. The van der Waals surface area contributed by atoms with Gasteiger partial charge in [0.05, 0.1) is 22.3 Å². The summed E-state index contributed by atoms with van der Waals surface area (Å²) in [5.41, 5.74) is -0.128. The number of rotatable bonds is 7. The molecule has 2 aromatic heterocycles. The number of carbonyl (C=O) groups excluding carboxylic acids is 1. The Balaban J connectivity index is 1.78. The summed E-state index contributed by atoms with van der Waals surface area (Å²) in [6, 6.07) is 1.46. The molecular formula is C20H24FN3O4S2. The summed E-state index contributed by atoms with van der Waals surface area (Å²) in [6.45, 7) is 1.63. The summed E-state index contributed by atoms with van der Waals surface area (Å²) in [4.78, 5) is 32.6. The maximum atomic E-state index is 13.3. The molecule has 1 amide bonds. The van der Waals surface area contributed by atoms with E-state index in [4.69, 9.17) is 0 Å². The molecule has 0 aromatic carbocycles. The maximum absolute atomic E-state index is 13.3. The highest BCUT2D eigenvalue weighted by atomic mass is 32.2. The lowest BCUT2D eigenvalue weighted by Crippen LogP contribution is -2.31. The molecule has 162 valence electrons. The standard InChI is InChI=1S/C20H24FN3O4S2/c1-11-8-15(30(27,28)13-6-7-13)17(19(26)23-11)14(9-12-4-2-3-5-12)18(25)24-20-22-10-16(21)29-20/h8,10,12-14H,2-7,9H2,1H3,(H,23,26)(H,22,24,25)/t14-/m0/s1.